The fraction of sp³-hybridized carbons (Fsp3) is 0.714. The number of nitrogens with one attached hydrogen (secondary N) is 1. The number of rotatable bonds is 4. The molecule has 0 spiro atoms. The van der Waals surface area contributed by atoms with E-state index in [0.29, 0.717) is 6.04 Å². The molecule has 0 radical (unpaired) electrons. The van der Waals surface area contributed by atoms with Gasteiger partial charge < -0.3 is 9.88 Å². The third-order valence-corrected chi connectivity index (χ3v) is 3.61. The van der Waals surface area contributed by atoms with Gasteiger partial charge in [-0.15, -0.1) is 24.8 Å². The summed E-state index contributed by atoms with van der Waals surface area (Å²) in [4.78, 5) is 2.63. The van der Waals surface area contributed by atoms with Crippen LogP contribution in [0, 0.1) is 5.92 Å². The zero-order chi connectivity index (χ0) is 12.3. The maximum Gasteiger partial charge on any atom is 0.0503 e. The third kappa shape index (κ3) is 4.99. The van der Waals surface area contributed by atoms with E-state index in [2.05, 4.69) is 54.0 Å². The van der Waals surface area contributed by atoms with Gasteiger partial charge in [0.25, 0.3) is 0 Å². The molecular weight excluding hydrogens is 281 g/mol. The molecule has 0 saturated carbocycles. The van der Waals surface area contributed by atoms with Gasteiger partial charge in [0.05, 0.1) is 6.04 Å². The zero-order valence-corrected chi connectivity index (χ0v) is 13.8. The van der Waals surface area contributed by atoms with Crippen LogP contribution >= 0.6 is 24.8 Å². The molecule has 0 amide bonds. The zero-order valence-electron chi connectivity index (χ0n) is 12.1. The standard InChI is InChI=1S/C14H25N3.2ClH/c1-12(2)11-14(13-5-4-8-16(13)3)17-9-6-15-7-10-17;;/h4-5,8,12,14-15H,6-7,9-11H2,1-3H3;2*1H/t14-;;/m1../s1. The first-order chi connectivity index (χ1) is 8.18. The van der Waals surface area contributed by atoms with Gasteiger partial charge in [-0.25, -0.2) is 0 Å². The van der Waals surface area contributed by atoms with Gasteiger partial charge in [-0.1, -0.05) is 13.8 Å². The van der Waals surface area contributed by atoms with E-state index >= 15 is 0 Å². The first-order valence-corrected chi connectivity index (χ1v) is 6.74. The molecule has 2 heterocycles. The topological polar surface area (TPSA) is 20.2 Å². The van der Waals surface area contributed by atoms with Crippen molar-refractivity contribution in [2.75, 3.05) is 26.2 Å². The monoisotopic (exact) mass is 307 g/mol. The Bertz CT molecular complexity index is 346. The normalized spacial score (nSPS) is 17.7. The molecule has 1 aliphatic heterocycles. The highest BCUT2D eigenvalue weighted by atomic mass is 35.5. The SMILES string of the molecule is CC(C)C[C@H](c1cccn1C)N1CCNCC1.Cl.Cl. The molecule has 0 aliphatic carbocycles. The maximum atomic E-state index is 3.43. The van der Waals surface area contributed by atoms with Crippen molar-refractivity contribution in [1.29, 1.82) is 0 Å². The quantitative estimate of drug-likeness (QED) is 0.923. The summed E-state index contributed by atoms with van der Waals surface area (Å²) in [6.07, 6.45) is 3.41. The van der Waals surface area contributed by atoms with Crippen molar-refractivity contribution < 1.29 is 0 Å². The van der Waals surface area contributed by atoms with Crippen LogP contribution in [0.4, 0.5) is 0 Å². The van der Waals surface area contributed by atoms with E-state index in [1.54, 1.807) is 0 Å². The fourth-order valence-corrected chi connectivity index (χ4v) is 2.72. The highest BCUT2D eigenvalue weighted by Crippen LogP contribution is 2.27. The summed E-state index contributed by atoms with van der Waals surface area (Å²) < 4.78 is 2.27. The number of aromatic nitrogens is 1. The van der Waals surface area contributed by atoms with Crippen LogP contribution in [-0.2, 0) is 7.05 Å². The van der Waals surface area contributed by atoms with Gasteiger partial charge in [0.2, 0.25) is 0 Å². The van der Waals surface area contributed by atoms with E-state index < -0.39 is 0 Å². The van der Waals surface area contributed by atoms with Crippen LogP contribution in [0.3, 0.4) is 0 Å². The average Bonchev–Trinajstić information content (AvgIpc) is 2.73. The molecule has 1 aromatic rings. The smallest absolute Gasteiger partial charge is 0.0503 e. The Morgan fingerprint density at radius 3 is 2.32 bits per heavy atom. The van der Waals surface area contributed by atoms with Crippen LogP contribution < -0.4 is 5.32 Å². The van der Waals surface area contributed by atoms with Crippen LogP contribution in [0.5, 0.6) is 0 Å². The van der Waals surface area contributed by atoms with E-state index in [9.17, 15) is 0 Å². The average molecular weight is 308 g/mol. The highest BCUT2D eigenvalue weighted by Gasteiger charge is 2.24. The van der Waals surface area contributed by atoms with Crippen molar-refractivity contribution in [3.8, 4) is 0 Å². The molecule has 1 saturated heterocycles. The fourth-order valence-electron chi connectivity index (χ4n) is 2.72. The first kappa shape index (κ1) is 18.8. The molecule has 1 aliphatic rings. The van der Waals surface area contributed by atoms with Gasteiger partial charge >= 0.3 is 0 Å². The number of hydrogen-bond acceptors (Lipinski definition) is 2. The summed E-state index contributed by atoms with van der Waals surface area (Å²) in [6, 6.07) is 5.01. The molecule has 5 heteroatoms. The second-order valence-corrected chi connectivity index (χ2v) is 5.48. The molecule has 0 unspecified atom stereocenters. The van der Waals surface area contributed by atoms with Crippen molar-refractivity contribution >= 4 is 24.8 Å². The highest BCUT2D eigenvalue weighted by molar-refractivity contribution is 5.85. The summed E-state index contributed by atoms with van der Waals surface area (Å²) >= 11 is 0. The van der Waals surface area contributed by atoms with Crippen LogP contribution in [0.15, 0.2) is 18.3 Å². The number of nitrogens with zero attached hydrogens (tertiary/aromatic N) is 2. The molecule has 1 atom stereocenters. The number of halogens is 2. The van der Waals surface area contributed by atoms with Crippen molar-refractivity contribution in [2.45, 2.75) is 26.3 Å². The van der Waals surface area contributed by atoms with Crippen LogP contribution in [0.1, 0.15) is 32.0 Å². The Morgan fingerprint density at radius 1 is 1.21 bits per heavy atom. The summed E-state index contributed by atoms with van der Waals surface area (Å²) in [5.41, 5.74) is 1.46. The Balaban J connectivity index is 0.00000162. The lowest BCUT2D eigenvalue weighted by Gasteiger charge is -2.36. The van der Waals surface area contributed by atoms with E-state index in [0.717, 1.165) is 19.0 Å². The van der Waals surface area contributed by atoms with E-state index in [1.807, 2.05) is 0 Å². The predicted octanol–water partition coefficient (Wildman–Crippen LogP) is 2.86. The maximum absolute atomic E-state index is 3.43. The Hall–Kier alpha value is -0.220. The van der Waals surface area contributed by atoms with E-state index in [1.165, 1.54) is 25.2 Å². The predicted molar refractivity (Wildman–Crippen MR) is 86.5 cm³/mol. The lowest BCUT2D eigenvalue weighted by atomic mass is 9.99. The first-order valence-electron chi connectivity index (χ1n) is 6.74. The Labute approximate surface area is 129 Å². The summed E-state index contributed by atoms with van der Waals surface area (Å²) in [5, 5.41) is 3.43. The Kier molecular flexibility index (Phi) is 8.75. The van der Waals surface area contributed by atoms with Gasteiger partial charge in [-0.3, -0.25) is 4.90 Å². The second-order valence-electron chi connectivity index (χ2n) is 5.48. The summed E-state index contributed by atoms with van der Waals surface area (Å²) in [5.74, 6) is 0.741. The number of piperazine rings is 1. The van der Waals surface area contributed by atoms with E-state index in [4.69, 9.17) is 0 Å². The second kappa shape index (κ2) is 8.85. The van der Waals surface area contributed by atoms with Gasteiger partial charge in [0.15, 0.2) is 0 Å². The molecule has 2 rings (SSSR count). The van der Waals surface area contributed by atoms with Crippen LogP contribution in [-0.4, -0.2) is 35.6 Å². The summed E-state index contributed by atoms with van der Waals surface area (Å²) in [6.45, 7) is 9.22. The van der Waals surface area contributed by atoms with Gasteiger partial charge in [-0.05, 0) is 24.5 Å². The molecule has 0 aromatic carbocycles. The molecule has 1 fully saturated rings. The molecule has 1 aromatic heterocycles. The summed E-state index contributed by atoms with van der Waals surface area (Å²) in [7, 11) is 2.16. The van der Waals surface area contributed by atoms with Gasteiger partial charge in [-0.2, -0.15) is 0 Å². The minimum absolute atomic E-state index is 0. The minimum atomic E-state index is 0. The van der Waals surface area contributed by atoms with Crippen molar-refractivity contribution in [1.82, 2.24) is 14.8 Å². The number of aryl methyl sites for hydroxylation is 1. The third-order valence-electron chi connectivity index (χ3n) is 3.61. The molecule has 1 N–H and O–H groups in total. The van der Waals surface area contributed by atoms with Crippen molar-refractivity contribution in [2.24, 2.45) is 13.0 Å². The molecular formula is C14H27Cl2N3. The van der Waals surface area contributed by atoms with E-state index in [-0.39, 0.29) is 24.8 Å². The minimum Gasteiger partial charge on any atom is -0.353 e. The molecule has 0 bridgehead atoms. The van der Waals surface area contributed by atoms with Crippen LogP contribution in [0.2, 0.25) is 0 Å². The largest absolute Gasteiger partial charge is 0.353 e. The van der Waals surface area contributed by atoms with Crippen molar-refractivity contribution in [3.05, 3.63) is 24.0 Å². The Morgan fingerprint density at radius 2 is 1.84 bits per heavy atom. The molecule has 112 valence electrons. The molecule has 3 nitrogen and oxygen atoms in total. The van der Waals surface area contributed by atoms with Gasteiger partial charge in [0, 0.05) is 45.1 Å². The van der Waals surface area contributed by atoms with Gasteiger partial charge in [0.1, 0.15) is 0 Å². The number of hydrogen-bond donors (Lipinski definition) is 1. The lowest BCUT2D eigenvalue weighted by molar-refractivity contribution is 0.148. The molecule has 19 heavy (non-hydrogen) atoms. The van der Waals surface area contributed by atoms with Crippen molar-refractivity contribution in [3.63, 3.8) is 0 Å². The lowest BCUT2D eigenvalue weighted by Crippen LogP contribution is -2.45. The van der Waals surface area contributed by atoms with Crippen LogP contribution in [0.25, 0.3) is 0 Å².